The standard InChI is InChI=1S/C21H29N3O5/c1-25-13-14-26-9-3-8-22-21(23-16-18-5-2-10-27-18)24-17-6-7-19-20(15-17)29-12-4-11-28-19/h2,5-7,10,15H,3-4,8-9,11-14,16H2,1H3,(H2,22,23,24). The minimum atomic E-state index is 0.442. The fraction of sp³-hybridized carbons (Fsp3) is 0.476. The number of benzene rings is 1. The van der Waals surface area contributed by atoms with Crippen molar-refractivity contribution >= 4 is 11.6 Å². The molecule has 0 unspecified atom stereocenters. The Balaban J connectivity index is 1.57. The van der Waals surface area contributed by atoms with E-state index in [0.29, 0.717) is 45.5 Å². The molecule has 1 aromatic heterocycles. The zero-order chi connectivity index (χ0) is 20.2. The van der Waals surface area contributed by atoms with Crippen LogP contribution in [0.3, 0.4) is 0 Å². The summed E-state index contributed by atoms with van der Waals surface area (Å²) in [6.07, 6.45) is 3.38. The minimum Gasteiger partial charge on any atom is -0.490 e. The van der Waals surface area contributed by atoms with Crippen molar-refractivity contribution < 1.29 is 23.4 Å². The van der Waals surface area contributed by atoms with E-state index in [1.807, 2.05) is 30.3 Å². The van der Waals surface area contributed by atoms with Crippen molar-refractivity contribution in [2.75, 3.05) is 52.0 Å². The maximum Gasteiger partial charge on any atom is 0.196 e. The predicted molar refractivity (Wildman–Crippen MR) is 111 cm³/mol. The van der Waals surface area contributed by atoms with Gasteiger partial charge in [-0.15, -0.1) is 0 Å². The summed E-state index contributed by atoms with van der Waals surface area (Å²) in [4.78, 5) is 4.61. The molecule has 0 saturated heterocycles. The van der Waals surface area contributed by atoms with Crippen LogP contribution in [0.2, 0.25) is 0 Å². The van der Waals surface area contributed by atoms with Crippen molar-refractivity contribution in [2.45, 2.75) is 19.4 Å². The van der Waals surface area contributed by atoms with E-state index >= 15 is 0 Å². The Morgan fingerprint density at radius 1 is 1.10 bits per heavy atom. The highest BCUT2D eigenvalue weighted by molar-refractivity contribution is 5.93. The summed E-state index contributed by atoms with van der Waals surface area (Å²) in [6, 6.07) is 9.55. The molecule has 1 aliphatic heterocycles. The first kappa shape index (κ1) is 21.0. The number of hydrogen-bond donors (Lipinski definition) is 2. The summed E-state index contributed by atoms with van der Waals surface area (Å²) < 4.78 is 27.3. The van der Waals surface area contributed by atoms with Crippen LogP contribution in [0.25, 0.3) is 0 Å². The van der Waals surface area contributed by atoms with Gasteiger partial charge >= 0.3 is 0 Å². The number of anilines is 1. The van der Waals surface area contributed by atoms with Gasteiger partial charge in [-0.25, -0.2) is 4.99 Å². The molecular formula is C21H29N3O5. The number of methoxy groups -OCH3 is 1. The van der Waals surface area contributed by atoms with Crippen LogP contribution < -0.4 is 20.1 Å². The molecule has 0 saturated carbocycles. The average Bonchev–Trinajstić information content (AvgIpc) is 3.15. The largest absolute Gasteiger partial charge is 0.490 e. The predicted octanol–water partition coefficient (Wildman–Crippen LogP) is 3.05. The van der Waals surface area contributed by atoms with Crippen molar-refractivity contribution in [3.63, 3.8) is 0 Å². The van der Waals surface area contributed by atoms with Crippen molar-refractivity contribution in [3.8, 4) is 11.5 Å². The third kappa shape index (κ3) is 7.32. The maximum atomic E-state index is 5.77. The molecule has 3 rings (SSSR count). The molecule has 0 radical (unpaired) electrons. The molecule has 158 valence electrons. The lowest BCUT2D eigenvalue weighted by molar-refractivity contribution is 0.0699. The van der Waals surface area contributed by atoms with Gasteiger partial charge in [-0.2, -0.15) is 0 Å². The molecule has 1 aromatic carbocycles. The van der Waals surface area contributed by atoms with E-state index < -0.39 is 0 Å². The van der Waals surface area contributed by atoms with Crippen LogP contribution in [-0.2, 0) is 16.0 Å². The van der Waals surface area contributed by atoms with Crippen molar-refractivity contribution in [2.24, 2.45) is 4.99 Å². The Hall–Kier alpha value is -2.71. The van der Waals surface area contributed by atoms with E-state index in [2.05, 4.69) is 15.6 Å². The molecule has 0 aliphatic carbocycles. The van der Waals surface area contributed by atoms with Crippen LogP contribution >= 0.6 is 0 Å². The maximum absolute atomic E-state index is 5.77. The van der Waals surface area contributed by atoms with Crippen molar-refractivity contribution in [1.82, 2.24) is 5.32 Å². The van der Waals surface area contributed by atoms with Crippen molar-refractivity contribution in [3.05, 3.63) is 42.4 Å². The van der Waals surface area contributed by atoms with Gasteiger partial charge in [0.2, 0.25) is 0 Å². The molecule has 8 nitrogen and oxygen atoms in total. The molecule has 2 aromatic rings. The van der Waals surface area contributed by atoms with E-state index in [-0.39, 0.29) is 0 Å². The third-order valence-electron chi connectivity index (χ3n) is 4.17. The van der Waals surface area contributed by atoms with E-state index in [1.165, 1.54) is 0 Å². The van der Waals surface area contributed by atoms with Gasteiger partial charge in [0.1, 0.15) is 12.3 Å². The summed E-state index contributed by atoms with van der Waals surface area (Å²) in [5.74, 6) is 2.97. The van der Waals surface area contributed by atoms with E-state index in [4.69, 9.17) is 23.4 Å². The number of fused-ring (bicyclic) bond motifs is 1. The average molecular weight is 403 g/mol. The van der Waals surface area contributed by atoms with E-state index in [9.17, 15) is 0 Å². The van der Waals surface area contributed by atoms with Crippen LogP contribution in [0.4, 0.5) is 5.69 Å². The fourth-order valence-electron chi connectivity index (χ4n) is 2.70. The molecule has 0 amide bonds. The normalized spacial score (nSPS) is 13.8. The second-order valence-corrected chi connectivity index (χ2v) is 6.47. The first-order chi connectivity index (χ1) is 14.3. The lowest BCUT2D eigenvalue weighted by atomic mass is 10.2. The number of rotatable bonds is 10. The van der Waals surface area contributed by atoms with Gasteiger partial charge in [-0.3, -0.25) is 0 Å². The SMILES string of the molecule is COCCOCCCNC(=NCc1ccco1)Nc1ccc2c(c1)OCCCO2. The highest BCUT2D eigenvalue weighted by Crippen LogP contribution is 2.32. The van der Waals surface area contributed by atoms with Gasteiger partial charge in [0.15, 0.2) is 17.5 Å². The molecule has 29 heavy (non-hydrogen) atoms. The summed E-state index contributed by atoms with van der Waals surface area (Å²) in [5.41, 5.74) is 0.872. The number of aliphatic imine (C=N–C) groups is 1. The van der Waals surface area contributed by atoms with Gasteiger partial charge in [-0.05, 0) is 30.7 Å². The molecule has 1 aliphatic rings. The lowest BCUT2D eigenvalue weighted by Gasteiger charge is -2.14. The van der Waals surface area contributed by atoms with Crippen molar-refractivity contribution in [1.29, 1.82) is 0 Å². The number of nitrogens with one attached hydrogen (secondary N) is 2. The molecular weight excluding hydrogens is 374 g/mol. The van der Waals surface area contributed by atoms with E-state index in [0.717, 1.165) is 42.3 Å². The third-order valence-corrected chi connectivity index (χ3v) is 4.17. The quantitative estimate of drug-likeness (QED) is 0.358. The highest BCUT2D eigenvalue weighted by atomic mass is 16.5. The topological polar surface area (TPSA) is 86.5 Å². The van der Waals surface area contributed by atoms with Gasteiger partial charge in [0, 0.05) is 38.4 Å². The summed E-state index contributed by atoms with van der Waals surface area (Å²) in [5, 5.41) is 6.65. The second-order valence-electron chi connectivity index (χ2n) is 6.47. The van der Waals surface area contributed by atoms with Crippen LogP contribution in [0, 0.1) is 0 Å². The Labute approximate surface area is 171 Å². The molecule has 0 bridgehead atoms. The molecule has 2 heterocycles. The van der Waals surface area contributed by atoms with Gasteiger partial charge in [0.05, 0.1) is 32.7 Å². The van der Waals surface area contributed by atoms with Crippen LogP contribution in [0.1, 0.15) is 18.6 Å². The first-order valence-corrected chi connectivity index (χ1v) is 9.89. The smallest absolute Gasteiger partial charge is 0.196 e. The van der Waals surface area contributed by atoms with Crippen LogP contribution in [0.15, 0.2) is 46.0 Å². The molecule has 0 atom stereocenters. The first-order valence-electron chi connectivity index (χ1n) is 9.89. The van der Waals surface area contributed by atoms with Gasteiger partial charge in [-0.1, -0.05) is 0 Å². The van der Waals surface area contributed by atoms with Crippen LogP contribution in [0.5, 0.6) is 11.5 Å². The zero-order valence-electron chi connectivity index (χ0n) is 16.8. The molecule has 2 N–H and O–H groups in total. The Kier molecular flexibility index (Phi) is 8.68. The second kappa shape index (κ2) is 12.0. The lowest BCUT2D eigenvalue weighted by Crippen LogP contribution is -2.32. The number of furan rings is 1. The highest BCUT2D eigenvalue weighted by Gasteiger charge is 2.11. The summed E-state index contributed by atoms with van der Waals surface area (Å²) in [7, 11) is 1.66. The van der Waals surface area contributed by atoms with Crippen LogP contribution in [-0.4, -0.2) is 52.6 Å². The van der Waals surface area contributed by atoms with Gasteiger partial charge < -0.3 is 34.0 Å². The molecule has 0 spiro atoms. The summed E-state index contributed by atoms with van der Waals surface area (Å²) >= 11 is 0. The number of ether oxygens (including phenoxy) is 4. The Morgan fingerprint density at radius 3 is 2.83 bits per heavy atom. The summed E-state index contributed by atoms with van der Waals surface area (Å²) in [6.45, 7) is 4.35. The Bertz CT molecular complexity index is 749. The fourth-order valence-corrected chi connectivity index (χ4v) is 2.70. The van der Waals surface area contributed by atoms with Gasteiger partial charge in [0.25, 0.3) is 0 Å². The molecule has 8 heteroatoms. The monoisotopic (exact) mass is 403 g/mol. The van der Waals surface area contributed by atoms with E-state index in [1.54, 1.807) is 13.4 Å². The minimum absolute atomic E-state index is 0.442. The number of nitrogens with zero attached hydrogens (tertiary/aromatic N) is 1. The molecule has 0 fully saturated rings. The number of hydrogen-bond acceptors (Lipinski definition) is 6. The zero-order valence-corrected chi connectivity index (χ0v) is 16.8. The Morgan fingerprint density at radius 2 is 2.00 bits per heavy atom. The number of guanidine groups is 1.